The topological polar surface area (TPSA) is 78.1 Å². The number of amides is 2. The van der Waals surface area contributed by atoms with E-state index in [9.17, 15) is 31.5 Å². The van der Waals surface area contributed by atoms with E-state index < -0.39 is 36.7 Å². The van der Waals surface area contributed by atoms with Crippen molar-refractivity contribution < 1.29 is 41.0 Å². The normalized spacial score (nSPS) is 20.4. The summed E-state index contributed by atoms with van der Waals surface area (Å²) in [5.74, 6) is -0.406. The van der Waals surface area contributed by atoms with Crippen LogP contribution >= 0.6 is 0 Å². The van der Waals surface area contributed by atoms with Gasteiger partial charge in [0, 0.05) is 30.5 Å². The quantitative estimate of drug-likeness (QED) is 0.370. The first-order chi connectivity index (χ1) is 20.0. The van der Waals surface area contributed by atoms with Crippen molar-refractivity contribution in [3.63, 3.8) is 0 Å². The summed E-state index contributed by atoms with van der Waals surface area (Å²) >= 11 is 0. The third-order valence-corrected chi connectivity index (χ3v) is 7.78. The lowest BCUT2D eigenvalue weighted by molar-refractivity contribution is -0.193. The Morgan fingerprint density at radius 1 is 1.10 bits per heavy atom. The van der Waals surface area contributed by atoms with Crippen LogP contribution in [0.5, 0.6) is 11.5 Å². The first-order valence-electron chi connectivity index (χ1n) is 13.6. The van der Waals surface area contributed by atoms with Crippen LogP contribution in [0.3, 0.4) is 0 Å². The van der Waals surface area contributed by atoms with E-state index in [2.05, 4.69) is 9.72 Å². The standard InChI is InChI=1S/C29H31F5N4O4/c1-41-21-8-9-23-19(12-21)13-24(35-23)27(40)37-16-20(15-36-10-3-2-7-25(36)29(32,33)34)38(26(39)17-37)14-18-5-4-6-22(11-18)42-28(30)31/h4-6,8-9,11-13,20,25,28,35H,2-3,7,10,14-17H2,1H3/t20-,25-/m0/s1. The molecule has 1 aromatic heterocycles. The Balaban J connectivity index is 1.41. The average Bonchev–Trinajstić information content (AvgIpc) is 3.37. The molecule has 13 heteroatoms. The highest BCUT2D eigenvalue weighted by Gasteiger charge is 2.46. The number of methoxy groups -OCH3 is 1. The van der Waals surface area contributed by atoms with Crippen LogP contribution in [0.2, 0.25) is 0 Å². The molecule has 0 aliphatic carbocycles. The van der Waals surface area contributed by atoms with Gasteiger partial charge in [0.2, 0.25) is 5.91 Å². The zero-order valence-corrected chi connectivity index (χ0v) is 22.9. The van der Waals surface area contributed by atoms with E-state index in [0.29, 0.717) is 29.7 Å². The second-order valence-electron chi connectivity index (χ2n) is 10.6. The lowest BCUT2D eigenvalue weighted by atomic mass is 9.99. The van der Waals surface area contributed by atoms with Crippen molar-refractivity contribution in [1.82, 2.24) is 19.7 Å². The van der Waals surface area contributed by atoms with Crippen molar-refractivity contribution in [2.75, 3.05) is 33.3 Å². The number of aromatic nitrogens is 1. The van der Waals surface area contributed by atoms with Gasteiger partial charge in [-0.25, -0.2) is 0 Å². The maximum absolute atomic E-state index is 13.9. The number of H-pyrrole nitrogens is 1. The minimum absolute atomic E-state index is 0.00242. The van der Waals surface area contributed by atoms with Crippen molar-refractivity contribution in [3.05, 3.63) is 59.8 Å². The number of nitrogens with zero attached hydrogens (tertiary/aromatic N) is 3. The summed E-state index contributed by atoms with van der Waals surface area (Å²) in [5.41, 5.74) is 1.40. The summed E-state index contributed by atoms with van der Waals surface area (Å²) in [6, 6.07) is 10.3. The third-order valence-electron chi connectivity index (χ3n) is 7.78. The van der Waals surface area contributed by atoms with Crippen molar-refractivity contribution in [2.24, 2.45) is 0 Å². The van der Waals surface area contributed by atoms with Gasteiger partial charge in [0.1, 0.15) is 29.8 Å². The van der Waals surface area contributed by atoms with Crippen LogP contribution < -0.4 is 9.47 Å². The number of benzene rings is 2. The molecule has 2 fully saturated rings. The van der Waals surface area contributed by atoms with Crippen LogP contribution in [-0.4, -0.2) is 89.7 Å². The van der Waals surface area contributed by atoms with E-state index in [1.807, 2.05) is 0 Å². The molecule has 42 heavy (non-hydrogen) atoms. The van der Waals surface area contributed by atoms with Gasteiger partial charge in [-0.05, 0) is 61.3 Å². The maximum Gasteiger partial charge on any atom is 0.404 e. The number of ether oxygens (including phenoxy) is 2. The molecule has 1 N–H and O–H groups in total. The van der Waals surface area contributed by atoms with Gasteiger partial charge in [0.25, 0.3) is 5.91 Å². The van der Waals surface area contributed by atoms with Crippen LogP contribution in [0.25, 0.3) is 10.9 Å². The van der Waals surface area contributed by atoms with E-state index >= 15 is 0 Å². The molecule has 0 unspecified atom stereocenters. The molecular weight excluding hydrogens is 563 g/mol. The molecule has 226 valence electrons. The summed E-state index contributed by atoms with van der Waals surface area (Å²) < 4.78 is 77.0. The van der Waals surface area contributed by atoms with Gasteiger partial charge >= 0.3 is 12.8 Å². The van der Waals surface area contributed by atoms with Crippen LogP contribution in [0.1, 0.15) is 35.3 Å². The summed E-state index contributed by atoms with van der Waals surface area (Å²) in [6.45, 7) is -3.26. The fourth-order valence-electron chi connectivity index (χ4n) is 5.79. The zero-order valence-electron chi connectivity index (χ0n) is 22.9. The Hall–Kier alpha value is -3.87. The third kappa shape index (κ3) is 6.61. The molecule has 2 atom stereocenters. The number of hydrogen-bond donors (Lipinski definition) is 1. The minimum atomic E-state index is -4.44. The van der Waals surface area contributed by atoms with Gasteiger partial charge in [-0.3, -0.25) is 14.5 Å². The summed E-state index contributed by atoms with van der Waals surface area (Å²) in [6.07, 6.45) is -3.45. The fourth-order valence-corrected chi connectivity index (χ4v) is 5.79. The summed E-state index contributed by atoms with van der Waals surface area (Å²) in [5, 5.41) is 0.728. The van der Waals surface area contributed by atoms with E-state index in [4.69, 9.17) is 4.74 Å². The number of carbonyl (C=O) groups excluding carboxylic acids is 2. The van der Waals surface area contributed by atoms with Gasteiger partial charge < -0.3 is 24.3 Å². The Morgan fingerprint density at radius 2 is 1.90 bits per heavy atom. The second-order valence-corrected chi connectivity index (χ2v) is 10.6. The molecule has 2 saturated heterocycles. The largest absolute Gasteiger partial charge is 0.497 e. The molecular formula is C29H31F5N4O4. The van der Waals surface area contributed by atoms with E-state index in [-0.39, 0.29) is 50.6 Å². The monoisotopic (exact) mass is 594 g/mol. The Kier molecular flexibility index (Phi) is 8.58. The van der Waals surface area contributed by atoms with Gasteiger partial charge in [-0.1, -0.05) is 18.6 Å². The first kappa shape index (κ1) is 29.6. The SMILES string of the molecule is COc1ccc2[nH]c(C(=O)N3CC(=O)N(Cc4cccc(OC(F)F)c4)[C@@H](CN4CCCC[C@H]4C(F)(F)F)C3)cc2c1. The molecule has 5 rings (SSSR count). The van der Waals surface area contributed by atoms with E-state index in [1.165, 1.54) is 40.0 Å². The number of nitrogens with one attached hydrogen (secondary N) is 1. The summed E-state index contributed by atoms with van der Waals surface area (Å²) in [7, 11) is 1.53. The molecule has 3 heterocycles. The lowest BCUT2D eigenvalue weighted by Crippen LogP contribution is -2.62. The molecule has 0 bridgehead atoms. The van der Waals surface area contributed by atoms with Gasteiger partial charge in [0.15, 0.2) is 0 Å². The van der Waals surface area contributed by atoms with Gasteiger partial charge in [0.05, 0.1) is 13.2 Å². The number of piperazine rings is 1. The molecule has 2 aliphatic rings. The average molecular weight is 595 g/mol. The van der Waals surface area contributed by atoms with Crippen LogP contribution in [0, 0.1) is 0 Å². The number of hydrogen-bond acceptors (Lipinski definition) is 5. The highest BCUT2D eigenvalue weighted by Crippen LogP contribution is 2.33. The first-order valence-corrected chi connectivity index (χ1v) is 13.6. The van der Waals surface area contributed by atoms with Gasteiger partial charge in [-0.2, -0.15) is 22.0 Å². The smallest absolute Gasteiger partial charge is 0.404 e. The number of fused-ring (bicyclic) bond motifs is 1. The van der Waals surface area contributed by atoms with Crippen molar-refractivity contribution in [1.29, 1.82) is 0 Å². The highest BCUT2D eigenvalue weighted by molar-refractivity contribution is 6.00. The van der Waals surface area contributed by atoms with Crippen LogP contribution in [-0.2, 0) is 11.3 Å². The maximum atomic E-state index is 13.9. The Bertz CT molecular complexity index is 1430. The van der Waals surface area contributed by atoms with Crippen molar-refractivity contribution >= 4 is 22.7 Å². The van der Waals surface area contributed by atoms with E-state index in [0.717, 1.165) is 5.39 Å². The van der Waals surface area contributed by atoms with Crippen LogP contribution in [0.4, 0.5) is 22.0 Å². The molecule has 0 saturated carbocycles. The number of aromatic amines is 1. The Labute approximate surface area is 238 Å². The number of likely N-dealkylation sites (tertiary alicyclic amines) is 1. The molecule has 0 spiro atoms. The molecule has 2 aromatic carbocycles. The molecule has 0 radical (unpaired) electrons. The highest BCUT2D eigenvalue weighted by atomic mass is 19.4. The number of halogens is 5. The fraction of sp³-hybridized carbons (Fsp3) is 0.448. The summed E-state index contributed by atoms with van der Waals surface area (Å²) in [4.78, 5) is 34.2. The van der Waals surface area contributed by atoms with Gasteiger partial charge in [-0.15, -0.1) is 0 Å². The molecule has 3 aromatic rings. The van der Waals surface area contributed by atoms with Crippen molar-refractivity contribution in [2.45, 2.75) is 50.7 Å². The predicted molar refractivity (Wildman–Crippen MR) is 143 cm³/mol. The number of carbonyl (C=O) groups is 2. The number of rotatable bonds is 8. The number of alkyl halides is 5. The number of piperidine rings is 1. The second kappa shape index (κ2) is 12.2. The predicted octanol–water partition coefficient (Wildman–Crippen LogP) is 5.05. The molecule has 2 aliphatic heterocycles. The van der Waals surface area contributed by atoms with Crippen molar-refractivity contribution in [3.8, 4) is 11.5 Å². The Morgan fingerprint density at radius 3 is 2.64 bits per heavy atom. The lowest BCUT2D eigenvalue weighted by Gasteiger charge is -2.45. The molecule has 8 nitrogen and oxygen atoms in total. The van der Waals surface area contributed by atoms with E-state index in [1.54, 1.807) is 30.3 Å². The molecule has 2 amide bonds. The minimum Gasteiger partial charge on any atom is -0.497 e. The zero-order chi connectivity index (χ0) is 30.0. The van der Waals surface area contributed by atoms with Crippen LogP contribution in [0.15, 0.2) is 48.5 Å².